The maximum Gasteiger partial charge on any atom is 0.250 e. The van der Waals surface area contributed by atoms with Gasteiger partial charge in [-0.2, -0.15) is 0 Å². The Morgan fingerprint density at radius 2 is 2.00 bits per heavy atom. The van der Waals surface area contributed by atoms with Gasteiger partial charge in [-0.15, -0.1) is 0 Å². The molecule has 0 aliphatic carbocycles. The van der Waals surface area contributed by atoms with Crippen molar-refractivity contribution in [3.8, 4) is 0 Å². The molecule has 0 rings (SSSR count). The fourth-order valence-corrected chi connectivity index (χ4v) is 1.17. The standard InChI is InChI=1S/C9H19F2NO/c1-9(2,4-3-5-13)7-12-6-8(10)11/h8,12-13H,3-7H2,1-2H3. The zero-order chi connectivity index (χ0) is 10.3. The van der Waals surface area contributed by atoms with Crippen molar-refractivity contribution in [3.05, 3.63) is 0 Å². The molecular weight excluding hydrogens is 176 g/mol. The van der Waals surface area contributed by atoms with E-state index >= 15 is 0 Å². The lowest BCUT2D eigenvalue weighted by molar-refractivity contribution is 0.138. The highest BCUT2D eigenvalue weighted by Crippen LogP contribution is 2.20. The third-order valence-electron chi connectivity index (χ3n) is 1.91. The molecule has 0 heterocycles. The minimum atomic E-state index is -2.28. The SMILES string of the molecule is CC(C)(CCCO)CNCC(F)F. The molecule has 0 spiro atoms. The molecule has 2 N–H and O–H groups in total. The van der Waals surface area contributed by atoms with Gasteiger partial charge in [0.25, 0.3) is 6.43 Å². The van der Waals surface area contributed by atoms with E-state index in [1.807, 2.05) is 13.8 Å². The fourth-order valence-electron chi connectivity index (χ4n) is 1.17. The molecule has 0 saturated heterocycles. The van der Waals surface area contributed by atoms with E-state index in [4.69, 9.17) is 5.11 Å². The van der Waals surface area contributed by atoms with Crippen LogP contribution in [0, 0.1) is 5.41 Å². The van der Waals surface area contributed by atoms with E-state index in [-0.39, 0.29) is 18.6 Å². The topological polar surface area (TPSA) is 32.3 Å². The largest absolute Gasteiger partial charge is 0.396 e. The van der Waals surface area contributed by atoms with Gasteiger partial charge in [0.15, 0.2) is 0 Å². The Hall–Kier alpha value is -0.220. The number of aliphatic hydroxyl groups is 1. The lowest BCUT2D eigenvalue weighted by Crippen LogP contribution is -2.32. The maximum atomic E-state index is 11.8. The minimum absolute atomic E-state index is 0.0162. The molecule has 4 heteroatoms. The van der Waals surface area contributed by atoms with Crippen LogP contribution in [0.25, 0.3) is 0 Å². The first-order chi connectivity index (χ1) is 5.98. The predicted molar refractivity (Wildman–Crippen MR) is 49.0 cm³/mol. The second kappa shape index (κ2) is 6.27. The molecule has 0 aromatic carbocycles. The summed E-state index contributed by atoms with van der Waals surface area (Å²) in [7, 11) is 0. The number of halogens is 2. The quantitative estimate of drug-likeness (QED) is 0.647. The van der Waals surface area contributed by atoms with Crippen molar-refractivity contribution < 1.29 is 13.9 Å². The molecule has 0 amide bonds. The molecule has 2 nitrogen and oxygen atoms in total. The first-order valence-electron chi connectivity index (χ1n) is 4.58. The van der Waals surface area contributed by atoms with E-state index in [1.165, 1.54) is 0 Å². The van der Waals surface area contributed by atoms with Crippen LogP contribution in [0.2, 0.25) is 0 Å². The maximum absolute atomic E-state index is 11.8. The molecule has 0 aliphatic heterocycles. The summed E-state index contributed by atoms with van der Waals surface area (Å²) < 4.78 is 23.5. The highest BCUT2D eigenvalue weighted by atomic mass is 19.3. The second-order valence-electron chi connectivity index (χ2n) is 4.01. The average molecular weight is 195 g/mol. The van der Waals surface area contributed by atoms with Crippen LogP contribution >= 0.6 is 0 Å². The van der Waals surface area contributed by atoms with Gasteiger partial charge in [-0.3, -0.25) is 0 Å². The van der Waals surface area contributed by atoms with Gasteiger partial charge >= 0.3 is 0 Å². The van der Waals surface area contributed by atoms with Crippen molar-refractivity contribution in [2.75, 3.05) is 19.7 Å². The van der Waals surface area contributed by atoms with Gasteiger partial charge in [-0.1, -0.05) is 13.8 Å². The Bertz CT molecular complexity index is 129. The van der Waals surface area contributed by atoms with E-state index in [2.05, 4.69) is 5.32 Å². The van der Waals surface area contributed by atoms with Crippen LogP contribution in [-0.4, -0.2) is 31.2 Å². The predicted octanol–water partition coefficient (Wildman–Crippen LogP) is 1.64. The summed E-state index contributed by atoms with van der Waals surface area (Å²) >= 11 is 0. The van der Waals surface area contributed by atoms with Crippen LogP contribution in [0.3, 0.4) is 0 Å². The van der Waals surface area contributed by atoms with Crippen molar-refractivity contribution >= 4 is 0 Å². The first-order valence-corrected chi connectivity index (χ1v) is 4.58. The number of alkyl halides is 2. The van der Waals surface area contributed by atoms with Gasteiger partial charge in [0.2, 0.25) is 0 Å². The zero-order valence-electron chi connectivity index (χ0n) is 8.32. The van der Waals surface area contributed by atoms with Crippen molar-refractivity contribution in [1.82, 2.24) is 5.32 Å². The molecule has 0 aromatic heterocycles. The molecule has 0 fully saturated rings. The van der Waals surface area contributed by atoms with E-state index in [1.54, 1.807) is 0 Å². The van der Waals surface area contributed by atoms with Gasteiger partial charge in [-0.25, -0.2) is 8.78 Å². The summed E-state index contributed by atoms with van der Waals surface area (Å²) in [5.41, 5.74) is -0.0162. The smallest absolute Gasteiger partial charge is 0.250 e. The molecule has 0 atom stereocenters. The third kappa shape index (κ3) is 8.12. The lowest BCUT2D eigenvalue weighted by atomic mass is 9.88. The Morgan fingerprint density at radius 1 is 1.38 bits per heavy atom. The van der Waals surface area contributed by atoms with Gasteiger partial charge in [0.05, 0.1) is 6.54 Å². The van der Waals surface area contributed by atoms with E-state index in [0.29, 0.717) is 6.54 Å². The van der Waals surface area contributed by atoms with Crippen molar-refractivity contribution in [2.45, 2.75) is 33.1 Å². The second-order valence-corrected chi connectivity index (χ2v) is 4.01. The summed E-state index contributed by atoms with van der Waals surface area (Å²) in [6.45, 7) is 4.49. The van der Waals surface area contributed by atoms with Crippen LogP contribution < -0.4 is 5.32 Å². The van der Waals surface area contributed by atoms with Crippen LogP contribution in [0.1, 0.15) is 26.7 Å². The number of aliphatic hydroxyl groups excluding tert-OH is 1. The fraction of sp³-hybridized carbons (Fsp3) is 1.00. The summed E-state index contributed by atoms with van der Waals surface area (Å²) in [5, 5.41) is 11.3. The number of hydrogen-bond acceptors (Lipinski definition) is 2. The summed E-state index contributed by atoms with van der Waals surface area (Å²) in [5.74, 6) is 0. The van der Waals surface area contributed by atoms with Crippen molar-refractivity contribution in [2.24, 2.45) is 5.41 Å². The van der Waals surface area contributed by atoms with Crippen molar-refractivity contribution in [3.63, 3.8) is 0 Å². The summed E-state index contributed by atoms with van der Waals surface area (Å²) in [6, 6.07) is 0. The number of rotatable bonds is 7. The van der Waals surface area contributed by atoms with Gasteiger partial charge in [0.1, 0.15) is 0 Å². The molecule has 0 saturated carbocycles. The van der Waals surface area contributed by atoms with Crippen LogP contribution in [0.4, 0.5) is 8.78 Å². The third-order valence-corrected chi connectivity index (χ3v) is 1.91. The van der Waals surface area contributed by atoms with Gasteiger partial charge in [-0.05, 0) is 18.3 Å². The monoisotopic (exact) mass is 195 g/mol. The molecular formula is C9H19F2NO. The highest BCUT2D eigenvalue weighted by molar-refractivity contribution is 4.71. The number of nitrogens with one attached hydrogen (secondary N) is 1. The zero-order valence-corrected chi connectivity index (χ0v) is 8.32. The van der Waals surface area contributed by atoms with E-state index < -0.39 is 6.43 Å². The molecule has 80 valence electrons. The minimum Gasteiger partial charge on any atom is -0.396 e. The number of hydrogen-bond donors (Lipinski definition) is 2. The summed E-state index contributed by atoms with van der Waals surface area (Å²) in [6.07, 6.45) is -0.711. The molecule has 0 bridgehead atoms. The van der Waals surface area contributed by atoms with Gasteiger partial charge < -0.3 is 10.4 Å². The normalized spacial score (nSPS) is 12.5. The molecule has 0 aromatic rings. The Morgan fingerprint density at radius 3 is 2.46 bits per heavy atom. The van der Waals surface area contributed by atoms with Crippen LogP contribution in [-0.2, 0) is 0 Å². The first kappa shape index (κ1) is 12.8. The van der Waals surface area contributed by atoms with Crippen molar-refractivity contribution in [1.29, 1.82) is 0 Å². The van der Waals surface area contributed by atoms with Crippen LogP contribution in [0.5, 0.6) is 0 Å². The van der Waals surface area contributed by atoms with Gasteiger partial charge in [0, 0.05) is 13.2 Å². The average Bonchev–Trinajstić information content (AvgIpc) is 2.00. The molecule has 13 heavy (non-hydrogen) atoms. The summed E-state index contributed by atoms with van der Waals surface area (Å²) in [4.78, 5) is 0. The molecule has 0 radical (unpaired) electrons. The molecule has 0 aliphatic rings. The highest BCUT2D eigenvalue weighted by Gasteiger charge is 2.17. The van der Waals surface area contributed by atoms with E-state index in [0.717, 1.165) is 12.8 Å². The Labute approximate surface area is 78.3 Å². The Balaban J connectivity index is 3.50. The Kier molecular flexibility index (Phi) is 6.16. The van der Waals surface area contributed by atoms with E-state index in [9.17, 15) is 8.78 Å². The molecule has 0 unspecified atom stereocenters. The van der Waals surface area contributed by atoms with Crippen LogP contribution in [0.15, 0.2) is 0 Å². The lowest BCUT2D eigenvalue weighted by Gasteiger charge is -2.24.